The first-order valence-corrected chi connectivity index (χ1v) is 8.01. The molecule has 2 atom stereocenters. The van der Waals surface area contributed by atoms with E-state index < -0.39 is 0 Å². The summed E-state index contributed by atoms with van der Waals surface area (Å²) in [5, 5.41) is 3.62. The minimum Gasteiger partial charge on any atom is -0.314 e. The van der Waals surface area contributed by atoms with Crippen molar-refractivity contribution in [1.29, 1.82) is 0 Å². The molecule has 2 rings (SSSR count). The number of likely N-dealkylation sites (tertiary alicyclic amines) is 1. The SMILES string of the molecule is CCC1(C)CCN(C2CCC2CNC(C)C)CC1. The fourth-order valence-corrected chi connectivity index (χ4v) is 3.41. The van der Waals surface area contributed by atoms with Crippen LogP contribution in [0.1, 0.15) is 59.8 Å². The zero-order valence-electron chi connectivity index (χ0n) is 12.8. The third-order valence-corrected chi connectivity index (χ3v) is 5.49. The Labute approximate surface area is 114 Å². The van der Waals surface area contributed by atoms with Crippen molar-refractivity contribution < 1.29 is 0 Å². The maximum atomic E-state index is 3.62. The van der Waals surface area contributed by atoms with Gasteiger partial charge >= 0.3 is 0 Å². The Hall–Kier alpha value is -0.0800. The van der Waals surface area contributed by atoms with Crippen molar-refractivity contribution in [2.24, 2.45) is 11.3 Å². The first-order valence-electron chi connectivity index (χ1n) is 8.01. The molecule has 106 valence electrons. The predicted octanol–water partition coefficient (Wildman–Crippen LogP) is 3.28. The van der Waals surface area contributed by atoms with Crippen LogP contribution in [0.4, 0.5) is 0 Å². The van der Waals surface area contributed by atoms with E-state index in [0.717, 1.165) is 12.0 Å². The molecule has 1 saturated heterocycles. The molecule has 1 aliphatic heterocycles. The molecule has 1 heterocycles. The van der Waals surface area contributed by atoms with E-state index in [0.29, 0.717) is 11.5 Å². The lowest BCUT2D eigenvalue weighted by molar-refractivity contribution is 0.0114. The van der Waals surface area contributed by atoms with Crippen molar-refractivity contribution in [3.63, 3.8) is 0 Å². The molecule has 0 aromatic rings. The fraction of sp³-hybridized carbons (Fsp3) is 1.00. The molecule has 0 radical (unpaired) electrons. The van der Waals surface area contributed by atoms with Crippen molar-refractivity contribution in [3.8, 4) is 0 Å². The normalized spacial score (nSPS) is 32.5. The second kappa shape index (κ2) is 5.92. The van der Waals surface area contributed by atoms with Crippen LogP contribution in [0.2, 0.25) is 0 Å². The van der Waals surface area contributed by atoms with Gasteiger partial charge in [-0.1, -0.05) is 34.1 Å². The largest absolute Gasteiger partial charge is 0.314 e. The molecule has 0 aromatic carbocycles. The van der Waals surface area contributed by atoms with Crippen LogP contribution < -0.4 is 5.32 Å². The van der Waals surface area contributed by atoms with Crippen LogP contribution in [0.3, 0.4) is 0 Å². The standard InChI is InChI=1S/C16H32N2/c1-5-16(4)8-10-18(11-9-16)15-7-6-14(15)12-17-13(2)3/h13-15,17H,5-12H2,1-4H3. The Kier molecular flexibility index (Phi) is 4.71. The highest BCUT2D eigenvalue weighted by molar-refractivity contribution is 4.93. The highest BCUT2D eigenvalue weighted by Gasteiger charge is 2.38. The zero-order valence-corrected chi connectivity index (χ0v) is 12.8. The van der Waals surface area contributed by atoms with E-state index in [1.807, 2.05) is 0 Å². The molecule has 2 fully saturated rings. The summed E-state index contributed by atoms with van der Waals surface area (Å²) >= 11 is 0. The average molecular weight is 252 g/mol. The smallest absolute Gasteiger partial charge is 0.0136 e. The van der Waals surface area contributed by atoms with Crippen molar-refractivity contribution >= 4 is 0 Å². The average Bonchev–Trinajstić information content (AvgIpc) is 2.31. The van der Waals surface area contributed by atoms with Crippen LogP contribution >= 0.6 is 0 Å². The second-order valence-electron chi connectivity index (χ2n) is 7.17. The Balaban J connectivity index is 1.76. The molecule has 2 nitrogen and oxygen atoms in total. The summed E-state index contributed by atoms with van der Waals surface area (Å²) in [5.74, 6) is 0.915. The van der Waals surface area contributed by atoms with Crippen LogP contribution in [0, 0.1) is 11.3 Å². The van der Waals surface area contributed by atoms with Crippen molar-refractivity contribution in [2.45, 2.75) is 71.9 Å². The Morgan fingerprint density at radius 2 is 1.89 bits per heavy atom. The van der Waals surface area contributed by atoms with Gasteiger partial charge in [-0.05, 0) is 56.7 Å². The number of piperidine rings is 1. The summed E-state index contributed by atoms with van der Waals surface area (Å²) in [7, 11) is 0. The van der Waals surface area contributed by atoms with Gasteiger partial charge in [0.1, 0.15) is 0 Å². The minimum atomic E-state index is 0.631. The van der Waals surface area contributed by atoms with Gasteiger partial charge in [0, 0.05) is 12.1 Å². The first kappa shape index (κ1) is 14.3. The molecule has 18 heavy (non-hydrogen) atoms. The quantitative estimate of drug-likeness (QED) is 0.808. The fourth-order valence-electron chi connectivity index (χ4n) is 3.41. The topological polar surface area (TPSA) is 15.3 Å². The van der Waals surface area contributed by atoms with Crippen LogP contribution in [0.15, 0.2) is 0 Å². The van der Waals surface area contributed by atoms with Gasteiger partial charge in [-0.25, -0.2) is 0 Å². The number of rotatable bonds is 5. The van der Waals surface area contributed by atoms with E-state index in [9.17, 15) is 0 Å². The molecular weight excluding hydrogens is 220 g/mol. The van der Waals surface area contributed by atoms with Gasteiger partial charge in [-0.3, -0.25) is 0 Å². The summed E-state index contributed by atoms with van der Waals surface area (Å²) in [4.78, 5) is 2.79. The predicted molar refractivity (Wildman–Crippen MR) is 78.9 cm³/mol. The molecule has 0 spiro atoms. The summed E-state index contributed by atoms with van der Waals surface area (Å²) in [6.45, 7) is 13.2. The Morgan fingerprint density at radius 3 is 2.33 bits per heavy atom. The molecule has 2 unspecified atom stereocenters. The van der Waals surface area contributed by atoms with Gasteiger partial charge in [0.05, 0.1) is 0 Å². The lowest BCUT2D eigenvalue weighted by Crippen LogP contribution is -2.54. The molecule has 0 amide bonds. The van der Waals surface area contributed by atoms with Gasteiger partial charge < -0.3 is 10.2 Å². The lowest BCUT2D eigenvalue weighted by atomic mass is 9.74. The summed E-state index contributed by atoms with van der Waals surface area (Å²) in [6.07, 6.45) is 7.04. The first-order chi connectivity index (χ1) is 8.54. The minimum absolute atomic E-state index is 0.631. The molecule has 0 bridgehead atoms. The number of hydrogen-bond acceptors (Lipinski definition) is 2. The monoisotopic (exact) mass is 252 g/mol. The molecule has 1 N–H and O–H groups in total. The van der Waals surface area contributed by atoms with Crippen LogP contribution in [-0.2, 0) is 0 Å². The van der Waals surface area contributed by atoms with E-state index >= 15 is 0 Å². The molecule has 1 saturated carbocycles. The van der Waals surface area contributed by atoms with Crippen LogP contribution in [-0.4, -0.2) is 36.6 Å². The van der Waals surface area contributed by atoms with E-state index in [1.165, 1.54) is 51.7 Å². The lowest BCUT2D eigenvalue weighted by Gasteiger charge is -2.49. The third-order valence-electron chi connectivity index (χ3n) is 5.49. The molecule has 2 heteroatoms. The van der Waals surface area contributed by atoms with Crippen molar-refractivity contribution in [3.05, 3.63) is 0 Å². The van der Waals surface area contributed by atoms with Gasteiger partial charge in [-0.15, -0.1) is 0 Å². The molecule has 2 aliphatic rings. The van der Waals surface area contributed by atoms with Crippen molar-refractivity contribution in [1.82, 2.24) is 10.2 Å². The van der Waals surface area contributed by atoms with Gasteiger partial charge in [0.15, 0.2) is 0 Å². The Morgan fingerprint density at radius 1 is 1.22 bits per heavy atom. The number of hydrogen-bond donors (Lipinski definition) is 1. The third kappa shape index (κ3) is 3.27. The van der Waals surface area contributed by atoms with E-state index in [1.54, 1.807) is 0 Å². The summed E-state index contributed by atoms with van der Waals surface area (Å²) in [5.41, 5.74) is 0.631. The molecular formula is C16H32N2. The summed E-state index contributed by atoms with van der Waals surface area (Å²) in [6, 6.07) is 1.52. The Bertz CT molecular complexity index is 254. The highest BCUT2D eigenvalue weighted by Crippen LogP contribution is 2.39. The number of nitrogens with one attached hydrogen (secondary N) is 1. The summed E-state index contributed by atoms with van der Waals surface area (Å²) < 4.78 is 0. The van der Waals surface area contributed by atoms with Crippen LogP contribution in [0.5, 0.6) is 0 Å². The molecule has 0 aromatic heterocycles. The van der Waals surface area contributed by atoms with E-state index in [2.05, 4.69) is 37.9 Å². The van der Waals surface area contributed by atoms with Gasteiger partial charge in [0.25, 0.3) is 0 Å². The second-order valence-corrected chi connectivity index (χ2v) is 7.17. The number of nitrogens with zero attached hydrogens (tertiary/aromatic N) is 1. The maximum absolute atomic E-state index is 3.62. The highest BCUT2D eigenvalue weighted by atomic mass is 15.2. The van der Waals surface area contributed by atoms with Crippen molar-refractivity contribution in [2.75, 3.05) is 19.6 Å². The molecule has 1 aliphatic carbocycles. The van der Waals surface area contributed by atoms with Gasteiger partial charge in [-0.2, -0.15) is 0 Å². The van der Waals surface area contributed by atoms with E-state index in [-0.39, 0.29) is 0 Å². The van der Waals surface area contributed by atoms with Crippen LogP contribution in [0.25, 0.3) is 0 Å². The van der Waals surface area contributed by atoms with Gasteiger partial charge in [0.2, 0.25) is 0 Å². The van der Waals surface area contributed by atoms with E-state index in [4.69, 9.17) is 0 Å². The maximum Gasteiger partial charge on any atom is 0.0136 e. The zero-order chi connectivity index (χ0) is 13.2.